The molecular weight excluding hydrogens is 472 g/mol. The zero-order chi connectivity index (χ0) is 23.3. The fourth-order valence-electron chi connectivity index (χ4n) is 3.98. The lowest BCUT2D eigenvalue weighted by Gasteiger charge is -2.28. The van der Waals surface area contributed by atoms with Crippen LogP contribution in [-0.2, 0) is 9.59 Å². The molecule has 1 amide bonds. The molecule has 0 aliphatic carbocycles. The van der Waals surface area contributed by atoms with Crippen molar-refractivity contribution in [2.24, 2.45) is 0 Å². The fraction of sp³-hybridized carbons (Fsp3) is 0.360. The van der Waals surface area contributed by atoms with Gasteiger partial charge in [-0.2, -0.15) is 0 Å². The van der Waals surface area contributed by atoms with E-state index in [1.54, 1.807) is 29.2 Å². The monoisotopic (exact) mass is 500 g/mol. The molecule has 0 saturated carbocycles. The average Bonchev–Trinajstić information content (AvgIpc) is 3.04. The predicted octanol–water partition coefficient (Wildman–Crippen LogP) is 4.61. The van der Waals surface area contributed by atoms with E-state index < -0.39 is 17.7 Å². The number of amides is 1. The molecule has 2 aromatic rings. The van der Waals surface area contributed by atoms with E-state index in [0.29, 0.717) is 31.0 Å². The van der Waals surface area contributed by atoms with E-state index in [4.69, 9.17) is 4.74 Å². The van der Waals surface area contributed by atoms with E-state index in [1.807, 2.05) is 31.2 Å². The van der Waals surface area contributed by atoms with Crippen molar-refractivity contribution in [3.63, 3.8) is 0 Å². The number of ketones is 1. The van der Waals surface area contributed by atoms with Gasteiger partial charge in [-0.25, -0.2) is 0 Å². The van der Waals surface area contributed by atoms with Gasteiger partial charge in [0.05, 0.1) is 18.2 Å². The first-order valence-corrected chi connectivity index (χ1v) is 11.7. The van der Waals surface area contributed by atoms with Crippen molar-refractivity contribution in [1.29, 1.82) is 0 Å². The number of ether oxygens (including phenoxy) is 1. The van der Waals surface area contributed by atoms with Gasteiger partial charge in [-0.05, 0) is 49.8 Å². The Kier molecular flexibility index (Phi) is 8.10. The van der Waals surface area contributed by atoms with Crippen molar-refractivity contribution in [3.8, 4) is 5.75 Å². The highest BCUT2D eigenvalue weighted by Crippen LogP contribution is 2.40. The van der Waals surface area contributed by atoms with Crippen molar-refractivity contribution in [3.05, 3.63) is 69.7 Å². The van der Waals surface area contributed by atoms with Gasteiger partial charge >= 0.3 is 0 Å². The van der Waals surface area contributed by atoms with Crippen LogP contribution >= 0.6 is 15.9 Å². The van der Waals surface area contributed by atoms with Crippen LogP contribution in [-0.4, -0.2) is 59.4 Å². The molecule has 1 unspecified atom stereocenters. The summed E-state index contributed by atoms with van der Waals surface area (Å²) >= 11 is 3.48. The topological polar surface area (TPSA) is 70.1 Å². The highest BCUT2D eigenvalue weighted by molar-refractivity contribution is 9.10. The molecule has 32 heavy (non-hydrogen) atoms. The number of aliphatic hydroxyl groups is 1. The van der Waals surface area contributed by atoms with Crippen molar-refractivity contribution >= 4 is 33.4 Å². The maximum absolute atomic E-state index is 13.1. The molecule has 7 heteroatoms. The van der Waals surface area contributed by atoms with Crippen molar-refractivity contribution in [2.45, 2.75) is 26.8 Å². The second kappa shape index (κ2) is 10.8. The smallest absolute Gasteiger partial charge is 0.295 e. The third-order valence-corrected chi connectivity index (χ3v) is 6.17. The number of carbonyl (C=O) groups is 2. The van der Waals surface area contributed by atoms with Crippen molar-refractivity contribution in [1.82, 2.24) is 9.80 Å². The van der Waals surface area contributed by atoms with Gasteiger partial charge in [0.1, 0.15) is 11.5 Å². The molecule has 6 nitrogen and oxygen atoms in total. The maximum atomic E-state index is 13.1. The molecule has 1 aliphatic rings. The molecule has 1 N–H and O–H groups in total. The minimum Gasteiger partial charge on any atom is -0.507 e. The van der Waals surface area contributed by atoms with Crippen LogP contribution in [0.1, 0.15) is 37.9 Å². The second-order valence-corrected chi connectivity index (χ2v) is 8.45. The number of rotatable bonds is 9. The summed E-state index contributed by atoms with van der Waals surface area (Å²) in [7, 11) is 0. The molecule has 3 rings (SSSR count). The lowest BCUT2D eigenvalue weighted by molar-refractivity contribution is -0.140. The van der Waals surface area contributed by atoms with Crippen LogP contribution in [0.15, 0.2) is 58.6 Å². The fourth-order valence-corrected chi connectivity index (χ4v) is 4.40. The zero-order valence-electron chi connectivity index (χ0n) is 18.7. The van der Waals surface area contributed by atoms with Crippen LogP contribution in [0.5, 0.6) is 5.75 Å². The molecule has 0 bridgehead atoms. The Morgan fingerprint density at radius 2 is 1.81 bits per heavy atom. The number of carbonyl (C=O) groups excluding carboxylic acids is 2. The lowest BCUT2D eigenvalue weighted by atomic mass is 9.95. The first kappa shape index (κ1) is 24.0. The number of aliphatic hydroxyl groups excluding tert-OH is 1. The minimum absolute atomic E-state index is 0.0984. The summed E-state index contributed by atoms with van der Waals surface area (Å²) in [5.74, 6) is -0.870. The first-order chi connectivity index (χ1) is 15.4. The molecule has 1 fully saturated rings. The molecule has 170 valence electrons. The number of Topliss-reactive ketones (excluding diaryl/α,β-unsaturated/α-hetero) is 1. The van der Waals surface area contributed by atoms with E-state index in [1.165, 1.54) is 0 Å². The van der Waals surface area contributed by atoms with E-state index in [2.05, 4.69) is 34.7 Å². The summed E-state index contributed by atoms with van der Waals surface area (Å²) in [6, 6.07) is 13.8. The van der Waals surface area contributed by atoms with Crippen molar-refractivity contribution in [2.75, 3.05) is 32.8 Å². The van der Waals surface area contributed by atoms with Gasteiger partial charge in [0.2, 0.25) is 0 Å². The number of halogens is 1. The summed E-state index contributed by atoms with van der Waals surface area (Å²) < 4.78 is 6.37. The van der Waals surface area contributed by atoms with Gasteiger partial charge in [0.15, 0.2) is 0 Å². The van der Waals surface area contributed by atoms with Gasteiger partial charge in [-0.1, -0.05) is 54.0 Å². The van der Waals surface area contributed by atoms with Crippen LogP contribution in [0.2, 0.25) is 0 Å². The predicted molar refractivity (Wildman–Crippen MR) is 129 cm³/mol. The normalized spacial score (nSPS) is 17.9. The van der Waals surface area contributed by atoms with Crippen molar-refractivity contribution < 1.29 is 19.4 Å². The Labute approximate surface area is 197 Å². The number of likely N-dealkylation sites (tertiary alicyclic amines) is 1. The highest BCUT2D eigenvalue weighted by atomic mass is 79.9. The summed E-state index contributed by atoms with van der Waals surface area (Å²) in [6.45, 7) is 9.23. The average molecular weight is 501 g/mol. The SMILES string of the molecule is CCOc1cccc(/C(O)=C2\C(=O)C(=O)N(CCN(CC)CC)C2c2cccc(Br)c2)c1. The van der Waals surface area contributed by atoms with Gasteiger partial charge in [-0.3, -0.25) is 9.59 Å². The molecule has 1 heterocycles. The summed E-state index contributed by atoms with van der Waals surface area (Å²) in [4.78, 5) is 29.9. The Morgan fingerprint density at radius 3 is 2.47 bits per heavy atom. The molecular formula is C25H29BrN2O4. The lowest BCUT2D eigenvalue weighted by Crippen LogP contribution is -2.38. The Morgan fingerprint density at radius 1 is 1.09 bits per heavy atom. The minimum atomic E-state index is -0.672. The largest absolute Gasteiger partial charge is 0.507 e. The molecule has 0 spiro atoms. The maximum Gasteiger partial charge on any atom is 0.295 e. The molecule has 1 atom stereocenters. The molecule has 2 aromatic carbocycles. The third-order valence-electron chi connectivity index (χ3n) is 5.67. The van der Waals surface area contributed by atoms with Crippen LogP contribution in [0.25, 0.3) is 5.76 Å². The van der Waals surface area contributed by atoms with Crippen LogP contribution in [0.3, 0.4) is 0 Å². The molecule has 0 aromatic heterocycles. The second-order valence-electron chi connectivity index (χ2n) is 7.54. The number of likely N-dealkylation sites (N-methyl/N-ethyl adjacent to an activating group) is 1. The Balaban J connectivity index is 2.10. The number of nitrogens with zero attached hydrogens (tertiary/aromatic N) is 2. The first-order valence-electron chi connectivity index (χ1n) is 10.9. The van der Waals surface area contributed by atoms with Gasteiger partial charge in [-0.15, -0.1) is 0 Å². The molecule has 1 saturated heterocycles. The Bertz CT molecular complexity index is 1020. The van der Waals surface area contributed by atoms with Gasteiger partial charge in [0.25, 0.3) is 11.7 Å². The summed E-state index contributed by atoms with van der Waals surface area (Å²) in [5.41, 5.74) is 1.31. The van der Waals surface area contributed by atoms with E-state index in [9.17, 15) is 14.7 Å². The van der Waals surface area contributed by atoms with E-state index >= 15 is 0 Å². The molecule has 0 radical (unpaired) electrons. The highest BCUT2D eigenvalue weighted by Gasteiger charge is 2.46. The third kappa shape index (κ3) is 5.05. The quantitative estimate of drug-likeness (QED) is 0.309. The number of hydrogen-bond donors (Lipinski definition) is 1. The number of hydrogen-bond acceptors (Lipinski definition) is 5. The molecule has 1 aliphatic heterocycles. The zero-order valence-corrected chi connectivity index (χ0v) is 20.3. The summed E-state index contributed by atoms with van der Waals surface area (Å²) in [5, 5.41) is 11.2. The van der Waals surface area contributed by atoms with E-state index in [-0.39, 0.29) is 11.3 Å². The summed E-state index contributed by atoms with van der Waals surface area (Å²) in [6.07, 6.45) is 0. The standard InChI is InChI=1S/C25H29BrN2O4/c1-4-27(5-2)13-14-28-22(17-9-7-11-19(26)15-17)21(24(30)25(28)31)23(29)18-10-8-12-20(16-18)32-6-3/h7-12,15-16,22,29H,4-6,13-14H2,1-3H3/b23-21+. The van der Waals surface area contributed by atoms with E-state index in [0.717, 1.165) is 23.1 Å². The Hall–Kier alpha value is -2.64. The van der Waals surface area contributed by atoms with Crippen LogP contribution in [0, 0.1) is 0 Å². The van der Waals surface area contributed by atoms with Gasteiger partial charge in [0, 0.05) is 23.1 Å². The van der Waals surface area contributed by atoms with Crippen LogP contribution < -0.4 is 4.74 Å². The van der Waals surface area contributed by atoms with Gasteiger partial charge < -0.3 is 19.6 Å². The number of benzene rings is 2. The van der Waals surface area contributed by atoms with Crippen LogP contribution in [0.4, 0.5) is 0 Å².